The highest BCUT2D eigenvalue weighted by molar-refractivity contribution is 6.06. The van der Waals surface area contributed by atoms with Crippen LogP contribution >= 0.6 is 0 Å². The highest BCUT2D eigenvalue weighted by Gasteiger charge is 2.36. The molecule has 2 aliphatic heterocycles. The van der Waals surface area contributed by atoms with Crippen molar-refractivity contribution in [2.24, 2.45) is 11.5 Å². The quantitative estimate of drug-likeness (QED) is 0.0211. The van der Waals surface area contributed by atoms with Crippen LogP contribution in [-0.4, -0.2) is 276 Å². The lowest BCUT2D eigenvalue weighted by Gasteiger charge is -2.28. The average molecular weight is 1820 g/mol. The van der Waals surface area contributed by atoms with Gasteiger partial charge in [-0.05, 0) is 228 Å². The monoisotopic (exact) mass is 1820 g/mol. The first-order valence-electron chi connectivity index (χ1n) is 43.6. The molecule has 2 fully saturated rings. The molecule has 9 rings (SSSR count). The van der Waals surface area contributed by atoms with Gasteiger partial charge in [-0.25, -0.2) is 0 Å². The van der Waals surface area contributed by atoms with Crippen LogP contribution in [0.4, 0.5) is 73.9 Å². The highest BCUT2D eigenvalue weighted by atomic mass is 16.3. The van der Waals surface area contributed by atoms with Gasteiger partial charge in [0.05, 0.1) is 52.3 Å². The van der Waals surface area contributed by atoms with Crippen molar-refractivity contribution in [3.8, 4) is 0 Å². The van der Waals surface area contributed by atoms with Gasteiger partial charge < -0.3 is 137 Å². The number of amides is 10. The molecule has 7 aromatic rings. The second-order valence-corrected chi connectivity index (χ2v) is 33.8. The Labute approximate surface area is 774 Å². The Balaban J connectivity index is 0.000000394. The number of aliphatic hydroxyl groups excluding tert-OH is 2. The van der Waals surface area contributed by atoms with Crippen LogP contribution in [0.25, 0.3) is 0 Å². The molecule has 0 aromatic heterocycles. The number of nitrogens with one attached hydrogen (secondary N) is 5. The number of likely N-dealkylation sites (N-methyl/N-ethyl adjacent to an activating group) is 3. The van der Waals surface area contributed by atoms with E-state index in [4.69, 9.17) is 61.8 Å². The molecule has 36 heteroatoms. The summed E-state index contributed by atoms with van der Waals surface area (Å²) in [5.41, 5.74) is 63.8. The molecule has 0 spiro atoms. The van der Waals surface area contributed by atoms with E-state index in [1.165, 1.54) is 6.07 Å². The van der Waals surface area contributed by atoms with E-state index in [-0.39, 0.29) is 90.0 Å². The number of hydrogen-bond acceptors (Lipinski definition) is 26. The highest BCUT2D eigenvalue weighted by Crippen LogP contribution is 2.32. The maximum atomic E-state index is 12.6. The Kier molecular flexibility index (Phi) is 46.1. The predicted molar refractivity (Wildman–Crippen MR) is 533 cm³/mol. The van der Waals surface area contributed by atoms with E-state index in [0.29, 0.717) is 143 Å². The maximum absolute atomic E-state index is 12.6. The van der Waals surface area contributed by atoms with Crippen LogP contribution in [-0.2, 0) is 14.4 Å². The zero-order chi connectivity index (χ0) is 99.2. The number of carbonyl (C=O) groups is 10. The summed E-state index contributed by atoms with van der Waals surface area (Å²) < 4.78 is 0. The molecule has 0 aliphatic carbocycles. The molecule has 0 saturated carbocycles. The second-order valence-electron chi connectivity index (χ2n) is 33.8. The third-order valence-electron chi connectivity index (χ3n) is 21.1. The van der Waals surface area contributed by atoms with Gasteiger partial charge in [0.25, 0.3) is 41.4 Å². The summed E-state index contributed by atoms with van der Waals surface area (Å²) in [6.07, 6.45) is 4.84. The number of aryl methyl sites for hydroxylation is 1. The van der Waals surface area contributed by atoms with Gasteiger partial charge in [-0.2, -0.15) is 0 Å². The molecule has 7 aromatic carbocycles. The number of nitrogens with zero attached hydrogens (tertiary/aromatic N) is 10. The van der Waals surface area contributed by atoms with Crippen molar-refractivity contribution < 1.29 is 58.2 Å². The van der Waals surface area contributed by atoms with Crippen molar-refractivity contribution in [3.63, 3.8) is 0 Å². The molecule has 2 aliphatic rings. The molecule has 2 saturated heterocycles. The number of anilines is 13. The Morgan fingerprint density at radius 3 is 1.27 bits per heavy atom. The van der Waals surface area contributed by atoms with Crippen molar-refractivity contribution >= 4 is 133 Å². The van der Waals surface area contributed by atoms with Crippen LogP contribution < -0.4 is 108 Å². The molecule has 131 heavy (non-hydrogen) atoms. The van der Waals surface area contributed by atoms with Gasteiger partial charge in [0.15, 0.2) is 0 Å². The van der Waals surface area contributed by atoms with Crippen molar-refractivity contribution in [1.82, 2.24) is 46.2 Å². The van der Waals surface area contributed by atoms with Gasteiger partial charge in [0.1, 0.15) is 18.1 Å². The number of hydrogen-bond donors (Lipinski definition) is 16. The zero-order valence-electron chi connectivity index (χ0n) is 80.9. The Morgan fingerprint density at radius 1 is 0.473 bits per heavy atom. The Morgan fingerprint density at radius 2 is 0.870 bits per heavy atom. The molecule has 720 valence electrons. The lowest BCUT2D eigenvalue weighted by Crippen LogP contribution is -2.45. The number of nitrogen functional groups attached to an aromatic ring is 7. The number of nitrogens with two attached hydrogens (primary N) is 9. The standard InChI is InChI=1S/C14H22N4O2.C14H19N3O2.2C14H23N3O2.C14H23N3O.C13H22N4O.C12H16N4O2/c1-5-16-13(19)9(2)17-14(20)11-8-10(15)6-7-12(11)18(3)4;1-9-5-6-10(15)8-11(9)14(19)17-7-3-4-12(17)13(18)16-2;1-10(2)17(7-8-18)14(19)12-9-11(15)5-6-13(12)16(3)4;1-4-7-17(8-9-18)14(19)12-10-11(15)5-6-13(12)16(2)3;1-6-14(2,3)16-13(18)11-9-10(15)7-8-12(11)17(4)5;1-16(2)8-7-15-13(18)11-9-10(14)5-6-12(11)17(3)4;13-7-3-4-9(8(6-7)11(14)17)16-5-1-2-10(16)12(15)18/h6-9H,5,15H2,1-4H3,(H,16,19)(H,17,20);5-6,8,12H,3-4,7,15H2,1-2H3,(H,16,18);5-6,9-10,18H,7-8,15H2,1-4H3;5-6,10,18H,4,7-9,15H2,1-3H3;7-9H,6,15H2,1-5H3,(H,16,18);5-6,9H,7-8,14H2,1-4H3,(H,15,18);3-4,6,10H,1-2,5,13H2,(H2,14,17)(H2,15,18). The first kappa shape index (κ1) is 112. The maximum Gasteiger partial charge on any atom is 0.256 e. The van der Waals surface area contributed by atoms with Crippen LogP contribution in [0.5, 0.6) is 0 Å². The van der Waals surface area contributed by atoms with Gasteiger partial charge in [-0.3, -0.25) is 47.9 Å². The smallest absolute Gasteiger partial charge is 0.256 e. The van der Waals surface area contributed by atoms with Crippen LogP contribution in [0.15, 0.2) is 127 Å². The summed E-state index contributed by atoms with van der Waals surface area (Å²) in [7, 11) is 24.4. The minimum atomic E-state index is -0.598. The molecule has 3 atom stereocenters. The van der Waals surface area contributed by atoms with Gasteiger partial charge in [0, 0.05) is 215 Å². The fourth-order valence-corrected chi connectivity index (χ4v) is 13.8. The van der Waals surface area contributed by atoms with Crippen LogP contribution in [0.1, 0.15) is 172 Å². The normalized spacial score (nSPS) is 13.1. The molecule has 25 N–H and O–H groups in total. The average Bonchev–Trinajstić information content (AvgIpc) is 1.58. The number of rotatable bonds is 30. The van der Waals surface area contributed by atoms with Gasteiger partial charge in [-0.1, -0.05) is 19.9 Å². The van der Waals surface area contributed by atoms with E-state index in [2.05, 4.69) is 26.6 Å². The molecule has 36 nitrogen and oxygen atoms in total. The minimum Gasteiger partial charge on any atom is -0.399 e. The minimum absolute atomic E-state index is 0.0242. The van der Waals surface area contributed by atoms with Crippen molar-refractivity contribution in [1.29, 1.82) is 0 Å². The summed E-state index contributed by atoms with van der Waals surface area (Å²) in [5.74, 6) is -2.08. The summed E-state index contributed by atoms with van der Waals surface area (Å²) in [6.45, 7) is 21.7. The van der Waals surface area contributed by atoms with Gasteiger partial charge in [-0.15, -0.1) is 0 Å². The van der Waals surface area contributed by atoms with Crippen molar-refractivity contribution in [3.05, 3.63) is 172 Å². The molecular weight excluding hydrogens is 1670 g/mol. The fraction of sp³-hybridized carbons (Fsp3) is 0.453. The summed E-state index contributed by atoms with van der Waals surface area (Å²) >= 11 is 0. The third kappa shape index (κ3) is 34.8. The van der Waals surface area contributed by atoms with Crippen LogP contribution in [0, 0.1) is 6.92 Å². The molecular formula is C95H148N24O12. The third-order valence-corrected chi connectivity index (χ3v) is 21.1. The van der Waals surface area contributed by atoms with E-state index in [9.17, 15) is 47.9 Å². The van der Waals surface area contributed by atoms with E-state index in [0.717, 1.165) is 66.2 Å². The van der Waals surface area contributed by atoms with Crippen molar-refractivity contribution in [2.45, 2.75) is 131 Å². The Hall–Kier alpha value is -13.5. The lowest BCUT2D eigenvalue weighted by molar-refractivity contribution is -0.124. The van der Waals surface area contributed by atoms with Gasteiger partial charge >= 0.3 is 0 Å². The first-order chi connectivity index (χ1) is 61.5. The summed E-state index contributed by atoms with van der Waals surface area (Å²) in [4.78, 5) is 139. The number of likely N-dealkylation sites (tertiary alicyclic amines) is 1. The number of primary amides is 2. The molecule has 0 bridgehead atoms. The molecule has 3 unspecified atom stereocenters. The predicted octanol–water partition coefficient (Wildman–Crippen LogP) is 6.58. The van der Waals surface area contributed by atoms with E-state index in [1.807, 2.05) is 205 Å². The van der Waals surface area contributed by atoms with E-state index in [1.54, 1.807) is 120 Å². The second kappa shape index (κ2) is 54.1. The van der Waals surface area contributed by atoms with Crippen LogP contribution in [0.3, 0.4) is 0 Å². The first-order valence-corrected chi connectivity index (χ1v) is 43.6. The number of benzene rings is 7. The summed E-state index contributed by atoms with van der Waals surface area (Å²) in [6, 6.07) is 35.3. The van der Waals surface area contributed by atoms with Crippen LogP contribution in [0.2, 0.25) is 0 Å². The molecule has 2 heterocycles. The SMILES string of the molecule is CC(C)N(CCO)C(=O)c1cc(N)ccc1N(C)C.CCC(C)(C)NC(=O)c1cc(N)ccc1N(C)C.CCCN(CCO)C(=O)c1cc(N)ccc1N(C)C.CCNC(=O)C(C)NC(=O)c1cc(N)ccc1N(C)C.CN(C)CCNC(=O)c1cc(N)ccc1N(C)C.CNC(=O)C1CCCN1C(=O)c1cc(N)ccc1C.NC(=O)c1cc(N)ccc1N1CCCC1C(N)=O. The number of aliphatic hydroxyl groups is 2. The van der Waals surface area contributed by atoms with E-state index >= 15 is 0 Å². The summed E-state index contributed by atoms with van der Waals surface area (Å²) in [5, 5.41) is 32.0. The zero-order valence-corrected chi connectivity index (χ0v) is 80.9. The topological polar surface area (TPSA) is 538 Å². The molecule has 0 radical (unpaired) electrons. The largest absolute Gasteiger partial charge is 0.399 e. The molecule has 10 amide bonds. The van der Waals surface area contributed by atoms with Crippen molar-refractivity contribution in [2.75, 3.05) is 227 Å². The lowest BCUT2D eigenvalue weighted by atomic mass is 10.0. The number of carbonyl (C=O) groups excluding carboxylic acids is 10. The van der Waals surface area contributed by atoms with E-state index < -0.39 is 11.9 Å². The van der Waals surface area contributed by atoms with Gasteiger partial charge in [0.2, 0.25) is 17.7 Å². The fourth-order valence-electron chi connectivity index (χ4n) is 13.8. The Bertz CT molecular complexity index is 4940.